The van der Waals surface area contributed by atoms with Crippen LogP contribution in [0.3, 0.4) is 0 Å². The highest BCUT2D eigenvalue weighted by Gasteiger charge is 2.15. The van der Waals surface area contributed by atoms with Crippen LogP contribution in [0.15, 0.2) is 28.7 Å². The summed E-state index contributed by atoms with van der Waals surface area (Å²) in [5, 5.41) is 5.15. The van der Waals surface area contributed by atoms with Gasteiger partial charge in [0.15, 0.2) is 0 Å². The van der Waals surface area contributed by atoms with Gasteiger partial charge in [0.2, 0.25) is 0 Å². The van der Waals surface area contributed by atoms with E-state index in [4.69, 9.17) is 16.6 Å². The molecular weight excluding hydrogens is 314 g/mol. The third-order valence-corrected chi connectivity index (χ3v) is 3.95. The predicted molar refractivity (Wildman–Crippen MR) is 79.5 cm³/mol. The van der Waals surface area contributed by atoms with Gasteiger partial charge in [0.05, 0.1) is 9.99 Å². The minimum absolute atomic E-state index is 0.742. The van der Waals surface area contributed by atoms with E-state index in [1.54, 1.807) is 0 Å². The van der Waals surface area contributed by atoms with E-state index < -0.39 is 0 Å². The van der Waals surface area contributed by atoms with Gasteiger partial charge < -0.3 is 10.2 Å². The first kappa shape index (κ1) is 12.2. The van der Waals surface area contributed by atoms with Gasteiger partial charge in [-0.25, -0.2) is 4.98 Å². The second kappa shape index (κ2) is 5.03. The molecule has 0 unspecified atom stereocenters. The molecule has 0 saturated carbocycles. The summed E-state index contributed by atoms with van der Waals surface area (Å²) in [5.41, 5.74) is 0.983. The van der Waals surface area contributed by atoms with Crippen LogP contribution in [0.1, 0.15) is 0 Å². The maximum absolute atomic E-state index is 6.00. The fraction of sp³-hybridized carbons (Fsp3) is 0.308. The number of nitrogens with one attached hydrogen (secondary N) is 1. The third-order valence-electron chi connectivity index (χ3n) is 3.13. The second-order valence-electron chi connectivity index (χ2n) is 4.37. The molecule has 3 nitrogen and oxygen atoms in total. The Bertz CT molecular complexity index is 582. The van der Waals surface area contributed by atoms with Crippen molar-refractivity contribution in [2.45, 2.75) is 0 Å². The molecule has 0 aliphatic carbocycles. The zero-order valence-electron chi connectivity index (χ0n) is 9.79. The standard InChI is InChI=1S/C13H13BrClN3/c14-11-8-9-7-10(15)1-2-12(9)17-13(11)18-5-3-16-4-6-18/h1-2,7-8,16H,3-6H2. The number of aromatic nitrogens is 1. The normalized spacial score (nSPS) is 16.2. The Morgan fingerprint density at radius 1 is 1.22 bits per heavy atom. The molecular formula is C13H13BrClN3. The van der Waals surface area contributed by atoms with Crippen molar-refractivity contribution < 1.29 is 0 Å². The van der Waals surface area contributed by atoms with Crippen LogP contribution < -0.4 is 10.2 Å². The lowest BCUT2D eigenvalue weighted by molar-refractivity contribution is 0.585. The van der Waals surface area contributed by atoms with E-state index in [1.807, 2.05) is 18.2 Å². The molecule has 1 fully saturated rings. The minimum Gasteiger partial charge on any atom is -0.353 e. The molecule has 1 aliphatic rings. The molecule has 1 aromatic heterocycles. The first-order valence-corrected chi connectivity index (χ1v) is 7.12. The summed E-state index contributed by atoms with van der Waals surface area (Å²) in [7, 11) is 0. The SMILES string of the molecule is Clc1ccc2nc(N3CCNCC3)c(Br)cc2c1. The Morgan fingerprint density at radius 3 is 2.78 bits per heavy atom. The van der Waals surface area contributed by atoms with Crippen LogP contribution in [0.2, 0.25) is 5.02 Å². The predicted octanol–water partition coefficient (Wildman–Crippen LogP) is 3.06. The Balaban J connectivity index is 2.06. The number of rotatable bonds is 1. The van der Waals surface area contributed by atoms with Crippen molar-refractivity contribution in [3.05, 3.63) is 33.8 Å². The lowest BCUT2D eigenvalue weighted by Crippen LogP contribution is -2.44. The number of halogens is 2. The third kappa shape index (κ3) is 2.32. The summed E-state index contributed by atoms with van der Waals surface area (Å²) in [5.74, 6) is 1.02. The van der Waals surface area contributed by atoms with Crippen LogP contribution in [-0.2, 0) is 0 Å². The van der Waals surface area contributed by atoms with Gasteiger partial charge in [0, 0.05) is 36.6 Å². The highest BCUT2D eigenvalue weighted by atomic mass is 79.9. The van der Waals surface area contributed by atoms with Crippen molar-refractivity contribution in [2.75, 3.05) is 31.1 Å². The maximum Gasteiger partial charge on any atom is 0.143 e. The number of hydrogen-bond donors (Lipinski definition) is 1. The van der Waals surface area contributed by atoms with Gasteiger partial charge in [0.25, 0.3) is 0 Å². The Kier molecular flexibility index (Phi) is 3.41. The average molecular weight is 327 g/mol. The van der Waals surface area contributed by atoms with Crippen LogP contribution in [0.5, 0.6) is 0 Å². The fourth-order valence-corrected chi connectivity index (χ4v) is 2.98. The molecule has 1 saturated heterocycles. The molecule has 18 heavy (non-hydrogen) atoms. The molecule has 0 atom stereocenters. The molecule has 1 aromatic carbocycles. The molecule has 2 aromatic rings. The summed E-state index contributed by atoms with van der Waals surface area (Å²) < 4.78 is 1.03. The van der Waals surface area contributed by atoms with E-state index in [0.717, 1.165) is 52.4 Å². The average Bonchev–Trinajstić information content (AvgIpc) is 2.39. The van der Waals surface area contributed by atoms with Crippen LogP contribution in [0.25, 0.3) is 10.9 Å². The van der Waals surface area contributed by atoms with Gasteiger partial charge in [-0.05, 0) is 40.2 Å². The first-order valence-electron chi connectivity index (χ1n) is 5.95. The lowest BCUT2D eigenvalue weighted by Gasteiger charge is -2.29. The molecule has 94 valence electrons. The summed E-state index contributed by atoms with van der Waals surface area (Å²) in [6.07, 6.45) is 0. The number of hydrogen-bond acceptors (Lipinski definition) is 3. The van der Waals surface area contributed by atoms with Gasteiger partial charge in [-0.15, -0.1) is 0 Å². The molecule has 1 N–H and O–H groups in total. The number of anilines is 1. The number of pyridine rings is 1. The summed E-state index contributed by atoms with van der Waals surface area (Å²) in [4.78, 5) is 7.03. The molecule has 3 rings (SSSR count). The van der Waals surface area contributed by atoms with Crippen molar-refractivity contribution in [3.8, 4) is 0 Å². The largest absolute Gasteiger partial charge is 0.353 e. The highest BCUT2D eigenvalue weighted by molar-refractivity contribution is 9.10. The van der Waals surface area contributed by atoms with E-state index in [9.17, 15) is 0 Å². The van der Waals surface area contributed by atoms with Crippen molar-refractivity contribution >= 4 is 44.3 Å². The van der Waals surface area contributed by atoms with Gasteiger partial charge in [-0.3, -0.25) is 0 Å². The van der Waals surface area contributed by atoms with Gasteiger partial charge in [-0.1, -0.05) is 11.6 Å². The highest BCUT2D eigenvalue weighted by Crippen LogP contribution is 2.29. The van der Waals surface area contributed by atoms with Gasteiger partial charge in [0.1, 0.15) is 5.82 Å². The van der Waals surface area contributed by atoms with Crippen molar-refractivity contribution in [1.82, 2.24) is 10.3 Å². The van der Waals surface area contributed by atoms with Crippen LogP contribution in [0.4, 0.5) is 5.82 Å². The van der Waals surface area contributed by atoms with Crippen molar-refractivity contribution in [3.63, 3.8) is 0 Å². The zero-order valence-corrected chi connectivity index (χ0v) is 12.1. The fourth-order valence-electron chi connectivity index (χ4n) is 2.21. The Labute approximate surface area is 119 Å². The van der Waals surface area contributed by atoms with Gasteiger partial charge in [-0.2, -0.15) is 0 Å². The number of fused-ring (bicyclic) bond motifs is 1. The van der Waals surface area contributed by atoms with Crippen LogP contribution in [-0.4, -0.2) is 31.2 Å². The van der Waals surface area contributed by atoms with E-state index in [1.165, 1.54) is 0 Å². The molecule has 0 bridgehead atoms. The molecule has 2 heterocycles. The second-order valence-corrected chi connectivity index (χ2v) is 5.66. The number of benzene rings is 1. The van der Waals surface area contributed by atoms with E-state index >= 15 is 0 Å². The Morgan fingerprint density at radius 2 is 2.00 bits per heavy atom. The van der Waals surface area contributed by atoms with Gasteiger partial charge >= 0.3 is 0 Å². The quantitative estimate of drug-likeness (QED) is 0.873. The summed E-state index contributed by atoms with van der Waals surface area (Å²) in [6, 6.07) is 7.88. The van der Waals surface area contributed by atoms with Crippen molar-refractivity contribution in [1.29, 1.82) is 0 Å². The smallest absolute Gasteiger partial charge is 0.143 e. The van der Waals surface area contributed by atoms with E-state index in [2.05, 4.69) is 32.2 Å². The zero-order chi connectivity index (χ0) is 12.5. The molecule has 0 radical (unpaired) electrons. The molecule has 5 heteroatoms. The summed E-state index contributed by atoms with van der Waals surface area (Å²) in [6.45, 7) is 3.99. The van der Waals surface area contributed by atoms with Crippen LogP contribution >= 0.6 is 27.5 Å². The number of piperazine rings is 1. The van der Waals surface area contributed by atoms with Crippen molar-refractivity contribution in [2.24, 2.45) is 0 Å². The Hall–Kier alpha value is -0.840. The minimum atomic E-state index is 0.742. The van der Waals surface area contributed by atoms with E-state index in [0.29, 0.717) is 0 Å². The molecule has 0 amide bonds. The maximum atomic E-state index is 6.00. The number of nitrogens with zero attached hydrogens (tertiary/aromatic N) is 2. The first-order chi connectivity index (χ1) is 8.74. The van der Waals surface area contributed by atoms with Crippen LogP contribution in [0, 0.1) is 0 Å². The molecule has 0 spiro atoms. The summed E-state index contributed by atoms with van der Waals surface area (Å²) >= 11 is 9.61. The topological polar surface area (TPSA) is 28.2 Å². The molecule has 1 aliphatic heterocycles. The monoisotopic (exact) mass is 325 g/mol. The lowest BCUT2D eigenvalue weighted by atomic mass is 10.2. The van der Waals surface area contributed by atoms with E-state index in [-0.39, 0.29) is 0 Å².